The topological polar surface area (TPSA) is 91.8 Å². The molecule has 0 spiro atoms. The minimum Gasteiger partial charge on any atom is -0.354 e. The van der Waals surface area contributed by atoms with Crippen molar-refractivity contribution in [3.63, 3.8) is 0 Å². The van der Waals surface area contributed by atoms with Crippen molar-refractivity contribution in [3.8, 4) is 0 Å². The van der Waals surface area contributed by atoms with E-state index >= 15 is 0 Å². The number of ketones is 1. The number of rotatable bonds is 11. The van der Waals surface area contributed by atoms with Gasteiger partial charge in [-0.25, -0.2) is 0 Å². The van der Waals surface area contributed by atoms with Gasteiger partial charge in [-0.15, -0.1) is 0 Å². The van der Waals surface area contributed by atoms with Gasteiger partial charge in [-0.2, -0.15) is 15.0 Å². The van der Waals surface area contributed by atoms with Crippen LogP contribution in [-0.4, -0.2) is 33.3 Å². The lowest BCUT2D eigenvalue weighted by atomic mass is 9.89. The number of carbonyl (C=O) groups excluding carboxylic acids is 1. The third-order valence-corrected chi connectivity index (χ3v) is 7.71. The molecule has 2 aromatic rings. The van der Waals surface area contributed by atoms with Crippen molar-refractivity contribution >= 4 is 23.6 Å². The number of anilines is 3. The highest BCUT2D eigenvalue weighted by Gasteiger charge is 2.31. The molecule has 0 aliphatic heterocycles. The van der Waals surface area contributed by atoms with E-state index in [0.717, 1.165) is 23.6 Å². The van der Waals surface area contributed by atoms with Crippen LogP contribution >= 0.6 is 0 Å². The van der Waals surface area contributed by atoms with Gasteiger partial charge in [0.1, 0.15) is 0 Å². The predicted octanol–water partition coefficient (Wildman–Crippen LogP) is 8.36. The second kappa shape index (κ2) is 17.8. The van der Waals surface area contributed by atoms with Crippen LogP contribution in [0.25, 0.3) is 0 Å². The van der Waals surface area contributed by atoms with E-state index in [0.29, 0.717) is 42.3 Å². The lowest BCUT2D eigenvalue weighted by Gasteiger charge is -2.22. The van der Waals surface area contributed by atoms with Crippen LogP contribution in [0.3, 0.4) is 0 Å². The molecule has 1 heterocycles. The molecule has 39 heavy (non-hydrogen) atoms. The van der Waals surface area contributed by atoms with Crippen LogP contribution in [0.4, 0.5) is 17.8 Å². The molecule has 4 rings (SSSR count). The molecular weight excluding hydrogens is 484 g/mol. The van der Waals surface area contributed by atoms with Crippen LogP contribution in [0.15, 0.2) is 24.3 Å². The van der Waals surface area contributed by atoms with E-state index in [1.54, 1.807) is 6.92 Å². The molecule has 1 aromatic heterocycles. The minimum atomic E-state index is 0.0775. The maximum Gasteiger partial charge on any atom is 0.229 e. The molecule has 0 radical (unpaired) electrons. The fourth-order valence-corrected chi connectivity index (χ4v) is 5.65. The van der Waals surface area contributed by atoms with Gasteiger partial charge in [0.15, 0.2) is 5.78 Å². The Hall–Kier alpha value is -2.70. The molecule has 7 heteroatoms. The van der Waals surface area contributed by atoms with E-state index in [-0.39, 0.29) is 5.78 Å². The number of hydrogen-bond donors (Lipinski definition) is 3. The lowest BCUT2D eigenvalue weighted by molar-refractivity contribution is 0.101. The minimum absolute atomic E-state index is 0.0775. The average molecular weight is 539 g/mol. The molecule has 7 nitrogen and oxygen atoms in total. The summed E-state index contributed by atoms with van der Waals surface area (Å²) in [5.41, 5.74) is 1.80. The zero-order valence-corrected chi connectivity index (χ0v) is 25.6. The maximum absolute atomic E-state index is 11.6. The molecule has 1 aromatic carbocycles. The van der Waals surface area contributed by atoms with Gasteiger partial charge in [-0.3, -0.25) is 4.79 Å². The Bertz CT molecular complexity index is 958. The second-order valence-electron chi connectivity index (χ2n) is 10.7. The van der Waals surface area contributed by atoms with Crippen molar-refractivity contribution in [3.05, 3.63) is 35.4 Å². The number of nitrogens with one attached hydrogen (secondary N) is 3. The molecule has 0 bridgehead atoms. The van der Waals surface area contributed by atoms with Crippen LogP contribution in [0.2, 0.25) is 0 Å². The number of hydrogen-bond acceptors (Lipinski definition) is 7. The summed E-state index contributed by atoms with van der Waals surface area (Å²) >= 11 is 0. The smallest absolute Gasteiger partial charge is 0.229 e. The summed E-state index contributed by atoms with van der Waals surface area (Å²) in [6, 6.07) is 8.07. The summed E-state index contributed by atoms with van der Waals surface area (Å²) < 4.78 is 0. The second-order valence-corrected chi connectivity index (χ2v) is 10.7. The van der Waals surface area contributed by atoms with E-state index < -0.39 is 0 Å². The van der Waals surface area contributed by atoms with Crippen molar-refractivity contribution < 1.29 is 4.79 Å². The molecule has 0 amide bonds. The number of nitrogens with zero attached hydrogens (tertiary/aromatic N) is 3. The van der Waals surface area contributed by atoms with Gasteiger partial charge in [0.25, 0.3) is 0 Å². The largest absolute Gasteiger partial charge is 0.354 e. The lowest BCUT2D eigenvalue weighted by Crippen LogP contribution is -2.25. The average Bonchev–Trinajstić information content (AvgIpc) is 3.32. The molecule has 0 saturated heterocycles. The van der Waals surface area contributed by atoms with E-state index in [9.17, 15) is 4.79 Å². The van der Waals surface area contributed by atoms with Crippen molar-refractivity contribution in [1.82, 2.24) is 15.0 Å². The first-order valence-corrected chi connectivity index (χ1v) is 15.6. The van der Waals surface area contributed by atoms with Gasteiger partial charge in [-0.05, 0) is 55.9 Å². The zero-order chi connectivity index (χ0) is 28.6. The van der Waals surface area contributed by atoms with Gasteiger partial charge in [0, 0.05) is 24.7 Å². The van der Waals surface area contributed by atoms with Crippen LogP contribution in [-0.2, 0) is 6.54 Å². The van der Waals surface area contributed by atoms with E-state index in [2.05, 4.69) is 34.8 Å². The Kier molecular flexibility index (Phi) is 14.8. The number of benzene rings is 1. The Labute approximate surface area is 237 Å². The first kappa shape index (κ1) is 32.5. The van der Waals surface area contributed by atoms with Crippen LogP contribution in [0.5, 0.6) is 0 Å². The molecule has 3 N–H and O–H groups in total. The molecule has 2 saturated carbocycles. The van der Waals surface area contributed by atoms with Crippen molar-refractivity contribution in [2.75, 3.05) is 22.5 Å². The van der Waals surface area contributed by atoms with E-state index in [1.807, 2.05) is 52.0 Å². The van der Waals surface area contributed by atoms with Crippen LogP contribution in [0, 0.1) is 17.8 Å². The van der Waals surface area contributed by atoms with Gasteiger partial charge >= 0.3 is 0 Å². The monoisotopic (exact) mass is 538 g/mol. The maximum atomic E-state index is 11.6. The normalized spacial score (nSPS) is 20.6. The van der Waals surface area contributed by atoms with Crippen molar-refractivity contribution in [2.24, 2.45) is 17.8 Å². The standard InChI is InChI=1S/C28H42N6O.2C2H6/c1-4-8-23-15-19(2)25(16-23)31-28-33-26(29-17-21-9-6-5-7-10-21)32-27(34-28)30-18-22-11-13-24(14-12-22)20(3)35;2*1-2/h11-14,19,21,23,25H,4-10,15-18H2,1-3H3,(H3,29,30,31,32,33,34);2*1-2H3. The Morgan fingerprint density at radius 3 is 2.08 bits per heavy atom. The van der Waals surface area contributed by atoms with E-state index in [1.165, 1.54) is 57.8 Å². The van der Waals surface area contributed by atoms with Crippen molar-refractivity contribution in [1.29, 1.82) is 0 Å². The molecule has 218 valence electrons. The Morgan fingerprint density at radius 1 is 0.846 bits per heavy atom. The molecule has 2 fully saturated rings. The summed E-state index contributed by atoms with van der Waals surface area (Å²) in [5.74, 6) is 4.02. The number of aromatic nitrogens is 3. The van der Waals surface area contributed by atoms with Crippen LogP contribution in [0.1, 0.15) is 122 Å². The fraction of sp³-hybridized carbons (Fsp3) is 0.688. The third-order valence-electron chi connectivity index (χ3n) is 7.71. The van der Waals surface area contributed by atoms with Gasteiger partial charge < -0.3 is 16.0 Å². The molecule has 2 aliphatic rings. The SMILES string of the molecule is CC.CC.CCCC1CC(C)C(Nc2nc(NCc3ccc(C(C)=O)cc3)nc(NCC3CCCCC3)n2)C1. The van der Waals surface area contributed by atoms with Gasteiger partial charge in [0.05, 0.1) is 0 Å². The first-order valence-electron chi connectivity index (χ1n) is 15.6. The van der Waals surface area contributed by atoms with Gasteiger partial charge in [-0.1, -0.05) is 97.9 Å². The number of Topliss-reactive ketones (excluding diaryl/α,β-unsaturated/α-hetero) is 1. The van der Waals surface area contributed by atoms with E-state index in [4.69, 9.17) is 9.97 Å². The fourth-order valence-electron chi connectivity index (χ4n) is 5.65. The highest BCUT2D eigenvalue weighted by Crippen LogP contribution is 2.35. The van der Waals surface area contributed by atoms with Gasteiger partial charge in [0.2, 0.25) is 17.8 Å². The zero-order valence-electron chi connectivity index (χ0n) is 25.6. The summed E-state index contributed by atoms with van der Waals surface area (Å²) in [5, 5.41) is 10.5. The highest BCUT2D eigenvalue weighted by molar-refractivity contribution is 5.94. The Balaban J connectivity index is 0.00000127. The highest BCUT2D eigenvalue weighted by atomic mass is 16.1. The van der Waals surface area contributed by atoms with Crippen LogP contribution < -0.4 is 16.0 Å². The third kappa shape index (κ3) is 10.8. The van der Waals surface area contributed by atoms with Crippen molar-refractivity contribution in [2.45, 2.75) is 119 Å². The molecule has 3 atom stereocenters. The summed E-state index contributed by atoms with van der Waals surface area (Å²) in [6.45, 7) is 15.7. The number of carbonyl (C=O) groups is 1. The molecular formula is C32H54N6O. The first-order chi connectivity index (χ1) is 19.0. The predicted molar refractivity (Wildman–Crippen MR) is 166 cm³/mol. The summed E-state index contributed by atoms with van der Waals surface area (Å²) in [4.78, 5) is 25.7. The Morgan fingerprint density at radius 2 is 1.46 bits per heavy atom. The quantitative estimate of drug-likeness (QED) is 0.248. The molecule has 3 unspecified atom stereocenters. The summed E-state index contributed by atoms with van der Waals surface area (Å²) in [6.07, 6.45) is 11.5. The summed E-state index contributed by atoms with van der Waals surface area (Å²) in [7, 11) is 0. The molecule has 2 aliphatic carbocycles.